The van der Waals surface area contributed by atoms with Crippen LogP contribution in [-0.4, -0.2) is 29.8 Å². The minimum atomic E-state index is -0.259. The molecule has 0 aliphatic carbocycles. The summed E-state index contributed by atoms with van der Waals surface area (Å²) in [4.78, 5) is 23.6. The fraction of sp³-hybridized carbons (Fsp3) is 0.556. The Morgan fingerprint density at radius 3 is 2.31 bits per heavy atom. The molecule has 0 bridgehead atoms. The first-order valence-electron chi connectivity index (χ1n) is 4.36. The number of nitrogens with two attached hydrogens (primary N) is 1. The third kappa shape index (κ3) is 2.31. The Hall–Kier alpha value is -1.32. The summed E-state index contributed by atoms with van der Waals surface area (Å²) >= 11 is 0. The fourth-order valence-corrected chi connectivity index (χ4v) is 1.51. The molecule has 0 aromatic heterocycles. The molecule has 2 amide bonds. The van der Waals surface area contributed by atoms with Gasteiger partial charge in [0.15, 0.2) is 0 Å². The van der Waals surface area contributed by atoms with Gasteiger partial charge in [0.2, 0.25) is 11.8 Å². The van der Waals surface area contributed by atoms with E-state index in [4.69, 9.17) is 5.73 Å². The van der Waals surface area contributed by atoms with Crippen LogP contribution < -0.4 is 5.73 Å². The average Bonchev–Trinajstić information content (AvgIpc) is 2.17. The molecule has 1 rings (SSSR count). The van der Waals surface area contributed by atoms with E-state index in [1.165, 1.54) is 6.08 Å². The molecule has 0 unspecified atom stereocenters. The first kappa shape index (κ1) is 9.77. The summed E-state index contributed by atoms with van der Waals surface area (Å²) in [7, 11) is 0. The quantitative estimate of drug-likeness (QED) is 0.606. The van der Waals surface area contributed by atoms with Crippen molar-refractivity contribution in [3.05, 3.63) is 12.7 Å². The monoisotopic (exact) mass is 182 g/mol. The summed E-state index contributed by atoms with van der Waals surface area (Å²) in [5.41, 5.74) is 5.16. The molecule has 2 N–H and O–H groups in total. The highest BCUT2D eigenvalue weighted by molar-refractivity contribution is 5.87. The highest BCUT2D eigenvalue weighted by atomic mass is 16.2. The summed E-state index contributed by atoms with van der Waals surface area (Å²) < 4.78 is 0. The molecule has 0 atom stereocenters. The normalized spacial score (nSPS) is 18.3. The summed E-state index contributed by atoms with van der Waals surface area (Å²) in [6.07, 6.45) is 2.65. The van der Waals surface area contributed by atoms with Crippen molar-refractivity contribution in [3.63, 3.8) is 0 Å². The lowest BCUT2D eigenvalue weighted by Crippen LogP contribution is -2.40. The van der Waals surface area contributed by atoms with Crippen molar-refractivity contribution < 1.29 is 9.59 Å². The molecule has 1 heterocycles. The topological polar surface area (TPSA) is 63.4 Å². The number of likely N-dealkylation sites (tertiary alicyclic amines) is 1. The highest BCUT2D eigenvalue weighted by Crippen LogP contribution is 2.16. The summed E-state index contributed by atoms with van der Waals surface area (Å²) in [6.45, 7) is 4.63. The number of amides is 2. The lowest BCUT2D eigenvalue weighted by Gasteiger charge is -2.29. The fourth-order valence-electron chi connectivity index (χ4n) is 1.51. The van der Waals surface area contributed by atoms with Crippen molar-refractivity contribution in [2.24, 2.45) is 11.7 Å². The second kappa shape index (κ2) is 4.07. The van der Waals surface area contributed by atoms with Gasteiger partial charge < -0.3 is 10.6 Å². The zero-order chi connectivity index (χ0) is 9.84. The first-order chi connectivity index (χ1) is 6.15. The number of carbonyl (C=O) groups excluding carboxylic acids is 2. The lowest BCUT2D eigenvalue weighted by atomic mass is 9.96. The zero-order valence-corrected chi connectivity index (χ0v) is 7.53. The van der Waals surface area contributed by atoms with E-state index >= 15 is 0 Å². The van der Waals surface area contributed by atoms with Crippen LogP contribution in [0.15, 0.2) is 12.7 Å². The van der Waals surface area contributed by atoms with Crippen LogP contribution in [0.25, 0.3) is 0 Å². The zero-order valence-electron chi connectivity index (χ0n) is 7.53. The van der Waals surface area contributed by atoms with Gasteiger partial charge in [-0.25, -0.2) is 0 Å². The van der Waals surface area contributed by atoms with Crippen molar-refractivity contribution in [2.75, 3.05) is 13.1 Å². The van der Waals surface area contributed by atoms with E-state index in [1.54, 1.807) is 4.90 Å². The molecule has 13 heavy (non-hydrogen) atoms. The summed E-state index contributed by atoms with van der Waals surface area (Å²) in [5, 5.41) is 0. The average molecular weight is 182 g/mol. The largest absolute Gasteiger partial charge is 0.369 e. The second-order valence-corrected chi connectivity index (χ2v) is 3.21. The molecule has 72 valence electrons. The smallest absolute Gasteiger partial charge is 0.245 e. The van der Waals surface area contributed by atoms with E-state index in [-0.39, 0.29) is 17.7 Å². The predicted octanol–water partition coefficient (Wildman–Crippen LogP) is -0.104. The molecule has 4 heteroatoms. The SMILES string of the molecule is C=CC(=O)N1CCC(C(N)=O)CC1. The Bertz CT molecular complexity index is 230. The molecule has 4 nitrogen and oxygen atoms in total. The molecule has 0 radical (unpaired) electrons. The maximum Gasteiger partial charge on any atom is 0.245 e. The van der Waals surface area contributed by atoms with Crippen molar-refractivity contribution in [3.8, 4) is 0 Å². The summed E-state index contributed by atoms with van der Waals surface area (Å²) in [6, 6.07) is 0. The minimum Gasteiger partial charge on any atom is -0.369 e. The molecular weight excluding hydrogens is 168 g/mol. The number of nitrogens with zero attached hydrogens (tertiary/aromatic N) is 1. The molecule has 1 aliphatic rings. The Morgan fingerprint density at radius 1 is 1.38 bits per heavy atom. The molecule has 0 saturated carbocycles. The van der Waals surface area contributed by atoms with Crippen molar-refractivity contribution in [2.45, 2.75) is 12.8 Å². The third-order valence-electron chi connectivity index (χ3n) is 2.38. The highest BCUT2D eigenvalue weighted by Gasteiger charge is 2.24. The van der Waals surface area contributed by atoms with Crippen LogP contribution in [0, 0.1) is 5.92 Å². The second-order valence-electron chi connectivity index (χ2n) is 3.21. The number of carbonyl (C=O) groups is 2. The minimum absolute atomic E-state index is 0.0612. The number of hydrogen-bond acceptors (Lipinski definition) is 2. The maximum atomic E-state index is 11.1. The lowest BCUT2D eigenvalue weighted by molar-refractivity contribution is -0.130. The molecular formula is C9H14N2O2. The molecule has 0 spiro atoms. The van der Waals surface area contributed by atoms with Crippen LogP contribution in [0.4, 0.5) is 0 Å². The van der Waals surface area contributed by atoms with Crippen LogP contribution in [0.2, 0.25) is 0 Å². The van der Waals surface area contributed by atoms with E-state index in [9.17, 15) is 9.59 Å². The number of primary amides is 1. The summed E-state index contributed by atoms with van der Waals surface area (Å²) in [5.74, 6) is -0.387. The Kier molecular flexibility index (Phi) is 3.06. The van der Waals surface area contributed by atoms with Gasteiger partial charge in [-0.3, -0.25) is 9.59 Å². The van der Waals surface area contributed by atoms with Gasteiger partial charge in [0.25, 0.3) is 0 Å². The number of rotatable bonds is 2. The molecule has 1 aliphatic heterocycles. The van der Waals surface area contributed by atoms with Gasteiger partial charge in [-0.15, -0.1) is 0 Å². The van der Waals surface area contributed by atoms with E-state index in [2.05, 4.69) is 6.58 Å². The van der Waals surface area contributed by atoms with Crippen LogP contribution >= 0.6 is 0 Å². The van der Waals surface area contributed by atoms with Crippen molar-refractivity contribution in [1.82, 2.24) is 4.90 Å². The Balaban J connectivity index is 2.43. The molecule has 1 fully saturated rings. The van der Waals surface area contributed by atoms with E-state index < -0.39 is 0 Å². The Labute approximate surface area is 77.4 Å². The van der Waals surface area contributed by atoms with Crippen molar-refractivity contribution in [1.29, 1.82) is 0 Å². The molecule has 0 aromatic rings. The number of hydrogen-bond donors (Lipinski definition) is 1. The van der Waals surface area contributed by atoms with Gasteiger partial charge in [-0.2, -0.15) is 0 Å². The van der Waals surface area contributed by atoms with Gasteiger partial charge in [-0.1, -0.05) is 6.58 Å². The third-order valence-corrected chi connectivity index (χ3v) is 2.38. The van der Waals surface area contributed by atoms with E-state index in [0.717, 1.165) is 0 Å². The first-order valence-corrected chi connectivity index (χ1v) is 4.36. The van der Waals surface area contributed by atoms with E-state index in [0.29, 0.717) is 25.9 Å². The maximum absolute atomic E-state index is 11.1. The van der Waals surface area contributed by atoms with Crippen LogP contribution in [0.5, 0.6) is 0 Å². The van der Waals surface area contributed by atoms with Crippen LogP contribution in [-0.2, 0) is 9.59 Å². The van der Waals surface area contributed by atoms with Gasteiger partial charge >= 0.3 is 0 Å². The Morgan fingerprint density at radius 2 is 1.92 bits per heavy atom. The van der Waals surface area contributed by atoms with Gasteiger partial charge in [-0.05, 0) is 18.9 Å². The van der Waals surface area contributed by atoms with Crippen LogP contribution in [0.1, 0.15) is 12.8 Å². The van der Waals surface area contributed by atoms with Gasteiger partial charge in [0.05, 0.1) is 0 Å². The molecule has 1 saturated heterocycles. The van der Waals surface area contributed by atoms with Crippen LogP contribution in [0.3, 0.4) is 0 Å². The standard InChI is InChI=1S/C9H14N2O2/c1-2-8(12)11-5-3-7(4-6-11)9(10)13/h2,7H,1,3-6H2,(H2,10,13). The van der Waals surface area contributed by atoms with E-state index in [1.807, 2.05) is 0 Å². The predicted molar refractivity (Wildman–Crippen MR) is 48.7 cm³/mol. The van der Waals surface area contributed by atoms with Crippen molar-refractivity contribution >= 4 is 11.8 Å². The van der Waals surface area contributed by atoms with Gasteiger partial charge in [0, 0.05) is 19.0 Å². The number of piperidine rings is 1. The van der Waals surface area contributed by atoms with Gasteiger partial charge in [0.1, 0.15) is 0 Å². The molecule has 0 aromatic carbocycles.